The van der Waals surface area contributed by atoms with Crippen molar-refractivity contribution in [3.05, 3.63) is 64.7 Å². The number of carbonyl (C=O) groups excluding carboxylic acids is 2. The number of rotatable bonds is 7. The first-order valence-electron chi connectivity index (χ1n) is 10.4. The molecule has 0 aromatic heterocycles. The second kappa shape index (κ2) is 10.6. The molecule has 7 heteroatoms. The van der Waals surface area contributed by atoms with Crippen LogP contribution in [0.1, 0.15) is 11.1 Å². The molecule has 2 aromatic rings. The number of para-hydroxylation sites is 1. The van der Waals surface area contributed by atoms with E-state index in [1.807, 2.05) is 19.2 Å². The van der Waals surface area contributed by atoms with Crippen LogP contribution in [-0.4, -0.2) is 63.0 Å². The first-order chi connectivity index (χ1) is 14.4. The average Bonchev–Trinajstić information content (AvgIpc) is 2.73. The van der Waals surface area contributed by atoms with Crippen molar-refractivity contribution in [1.29, 1.82) is 0 Å². The van der Waals surface area contributed by atoms with Crippen LogP contribution in [0.3, 0.4) is 0 Å². The Morgan fingerprint density at radius 2 is 1.57 bits per heavy atom. The molecule has 6 nitrogen and oxygen atoms in total. The molecule has 2 amide bonds. The third kappa shape index (κ3) is 6.55. The number of halogens is 1. The Labute approximate surface area is 183 Å². The molecule has 1 aliphatic heterocycles. The highest BCUT2D eigenvalue weighted by Gasteiger charge is 2.27. The Kier molecular flexibility index (Phi) is 7.85. The maximum absolute atomic E-state index is 12.6. The number of hydrogen-bond acceptors (Lipinski definition) is 2. The number of quaternary nitrogens is 2. The summed E-state index contributed by atoms with van der Waals surface area (Å²) in [6.07, 6.45) is 0. The van der Waals surface area contributed by atoms with E-state index in [4.69, 9.17) is 11.6 Å². The molecule has 30 heavy (non-hydrogen) atoms. The number of nitrogens with one attached hydrogen (secondary N) is 3. The molecule has 0 saturated carbocycles. The van der Waals surface area contributed by atoms with Crippen molar-refractivity contribution in [1.82, 2.24) is 4.90 Å². The van der Waals surface area contributed by atoms with E-state index in [-0.39, 0.29) is 11.8 Å². The van der Waals surface area contributed by atoms with Gasteiger partial charge in [0.25, 0.3) is 11.8 Å². The summed E-state index contributed by atoms with van der Waals surface area (Å²) in [5.74, 6) is 0.126. The van der Waals surface area contributed by atoms with Crippen molar-refractivity contribution in [2.45, 2.75) is 13.5 Å². The highest BCUT2D eigenvalue weighted by Crippen LogP contribution is 2.19. The van der Waals surface area contributed by atoms with Crippen LogP contribution in [0.15, 0.2) is 48.5 Å². The van der Waals surface area contributed by atoms with E-state index in [9.17, 15) is 9.59 Å². The Balaban J connectivity index is 1.39. The molecule has 0 spiro atoms. The van der Waals surface area contributed by atoms with Gasteiger partial charge in [-0.15, -0.1) is 0 Å². The number of hydrogen-bond donors (Lipinski definition) is 3. The molecule has 0 atom stereocenters. The molecule has 0 aliphatic carbocycles. The first-order valence-corrected chi connectivity index (χ1v) is 10.8. The number of amides is 2. The zero-order valence-electron chi connectivity index (χ0n) is 17.7. The molecule has 1 aliphatic rings. The van der Waals surface area contributed by atoms with Crippen molar-refractivity contribution >= 4 is 29.1 Å². The summed E-state index contributed by atoms with van der Waals surface area (Å²) < 4.78 is 0. The quantitative estimate of drug-likeness (QED) is 0.580. The van der Waals surface area contributed by atoms with Crippen LogP contribution < -0.4 is 15.1 Å². The normalized spacial score (nSPS) is 18.6. The van der Waals surface area contributed by atoms with Gasteiger partial charge in [0, 0.05) is 13.6 Å². The maximum atomic E-state index is 12.6. The monoisotopic (exact) mass is 430 g/mol. The van der Waals surface area contributed by atoms with Crippen LogP contribution in [0.5, 0.6) is 0 Å². The van der Waals surface area contributed by atoms with E-state index in [2.05, 4.69) is 36.5 Å². The molecular weight excluding hydrogens is 400 g/mol. The predicted octanol–water partition coefficient (Wildman–Crippen LogP) is 0.0289. The Hall–Kier alpha value is -2.41. The molecule has 0 bridgehead atoms. The molecule has 160 valence electrons. The van der Waals surface area contributed by atoms with Gasteiger partial charge in [-0.3, -0.25) is 9.59 Å². The zero-order valence-corrected chi connectivity index (χ0v) is 18.5. The van der Waals surface area contributed by atoms with Gasteiger partial charge in [0.2, 0.25) is 0 Å². The fourth-order valence-corrected chi connectivity index (χ4v) is 3.88. The lowest BCUT2D eigenvalue weighted by atomic mass is 10.1. The second-order valence-corrected chi connectivity index (χ2v) is 8.52. The van der Waals surface area contributed by atoms with Crippen molar-refractivity contribution in [3.63, 3.8) is 0 Å². The molecule has 0 radical (unpaired) electrons. The van der Waals surface area contributed by atoms with Crippen molar-refractivity contribution < 1.29 is 19.4 Å². The standard InChI is InChI=1S/C23H29ClN4O2/c1-18-7-9-19(10-8-18)15-26(2)23(30)17-28-13-11-27(12-14-28)16-22(29)25-21-6-4-3-5-20(21)24/h3-10H,11-17H2,1-2H3,(H,25,29)/p+2. The fraction of sp³-hybridized carbons (Fsp3) is 0.391. The molecule has 3 N–H and O–H groups in total. The van der Waals surface area contributed by atoms with E-state index in [1.165, 1.54) is 15.4 Å². The number of aryl methyl sites for hydroxylation is 1. The van der Waals surface area contributed by atoms with E-state index in [0.717, 1.165) is 31.7 Å². The van der Waals surface area contributed by atoms with Gasteiger partial charge < -0.3 is 20.0 Å². The molecule has 0 unspecified atom stereocenters. The molecule has 3 rings (SSSR count). The van der Waals surface area contributed by atoms with Crippen molar-refractivity contribution in [2.75, 3.05) is 51.6 Å². The largest absolute Gasteiger partial charge is 0.337 e. The summed E-state index contributed by atoms with van der Waals surface area (Å²) in [4.78, 5) is 29.2. The Bertz CT molecular complexity index is 864. The van der Waals surface area contributed by atoms with Crippen LogP contribution in [0.25, 0.3) is 0 Å². The summed E-state index contributed by atoms with van der Waals surface area (Å²) >= 11 is 6.10. The van der Waals surface area contributed by atoms with E-state index >= 15 is 0 Å². The van der Waals surface area contributed by atoms with Crippen LogP contribution in [0, 0.1) is 6.92 Å². The molecule has 1 fully saturated rings. The number of nitrogens with zero attached hydrogens (tertiary/aromatic N) is 1. The molecule has 2 aromatic carbocycles. The van der Waals surface area contributed by atoms with Gasteiger partial charge in [-0.2, -0.15) is 0 Å². The fourth-order valence-electron chi connectivity index (χ4n) is 3.70. The predicted molar refractivity (Wildman–Crippen MR) is 119 cm³/mol. The summed E-state index contributed by atoms with van der Waals surface area (Å²) in [5, 5.41) is 3.43. The first kappa shape index (κ1) is 22.3. The van der Waals surface area contributed by atoms with E-state index in [1.54, 1.807) is 17.0 Å². The topological polar surface area (TPSA) is 58.3 Å². The number of anilines is 1. The lowest BCUT2D eigenvalue weighted by molar-refractivity contribution is -1.00. The average molecular weight is 431 g/mol. The van der Waals surface area contributed by atoms with Gasteiger partial charge in [0.1, 0.15) is 26.2 Å². The molecule has 1 heterocycles. The van der Waals surface area contributed by atoms with Crippen LogP contribution in [0.2, 0.25) is 5.02 Å². The molecule has 1 saturated heterocycles. The smallest absolute Gasteiger partial charge is 0.279 e. The SMILES string of the molecule is Cc1ccc(CN(C)C(=O)C[NH+]2CC[NH+](CC(=O)Nc3ccccc3Cl)CC2)cc1. The zero-order chi connectivity index (χ0) is 21.5. The minimum atomic E-state index is -0.0320. The number of benzene rings is 2. The lowest BCUT2D eigenvalue weighted by Crippen LogP contribution is -3.28. The Morgan fingerprint density at radius 1 is 0.967 bits per heavy atom. The van der Waals surface area contributed by atoms with Gasteiger partial charge in [0.05, 0.1) is 10.7 Å². The Morgan fingerprint density at radius 3 is 2.20 bits per heavy atom. The summed E-state index contributed by atoms with van der Waals surface area (Å²) in [7, 11) is 1.86. The van der Waals surface area contributed by atoms with Gasteiger partial charge in [0.15, 0.2) is 13.1 Å². The minimum Gasteiger partial charge on any atom is -0.337 e. The second-order valence-electron chi connectivity index (χ2n) is 8.12. The lowest BCUT2D eigenvalue weighted by Gasteiger charge is -2.30. The number of likely N-dealkylation sites (N-methyl/N-ethyl adjacent to an activating group) is 1. The summed E-state index contributed by atoms with van der Waals surface area (Å²) in [6, 6.07) is 15.5. The minimum absolute atomic E-state index is 0.0320. The van der Waals surface area contributed by atoms with E-state index < -0.39 is 0 Å². The number of piperazine rings is 1. The third-order valence-corrected chi connectivity index (χ3v) is 5.92. The summed E-state index contributed by atoms with van der Waals surface area (Å²) in [5.41, 5.74) is 3.01. The van der Waals surface area contributed by atoms with Crippen molar-refractivity contribution in [2.24, 2.45) is 0 Å². The van der Waals surface area contributed by atoms with Crippen LogP contribution in [0.4, 0.5) is 5.69 Å². The number of carbonyl (C=O) groups is 2. The summed E-state index contributed by atoms with van der Waals surface area (Å²) in [6.45, 7) is 7.13. The van der Waals surface area contributed by atoms with Crippen molar-refractivity contribution in [3.8, 4) is 0 Å². The van der Waals surface area contributed by atoms with Gasteiger partial charge in [-0.1, -0.05) is 53.6 Å². The third-order valence-electron chi connectivity index (χ3n) is 5.59. The van der Waals surface area contributed by atoms with Gasteiger partial charge >= 0.3 is 0 Å². The van der Waals surface area contributed by atoms with Gasteiger partial charge in [-0.25, -0.2) is 0 Å². The molecular formula is C23H31ClN4O2+2. The van der Waals surface area contributed by atoms with Crippen LogP contribution in [-0.2, 0) is 16.1 Å². The maximum Gasteiger partial charge on any atom is 0.279 e. The highest BCUT2D eigenvalue weighted by molar-refractivity contribution is 6.33. The highest BCUT2D eigenvalue weighted by atomic mass is 35.5. The van der Waals surface area contributed by atoms with E-state index in [0.29, 0.717) is 30.3 Å². The van der Waals surface area contributed by atoms with Gasteiger partial charge in [-0.05, 0) is 24.6 Å². The van der Waals surface area contributed by atoms with Crippen LogP contribution >= 0.6 is 11.6 Å².